The summed E-state index contributed by atoms with van der Waals surface area (Å²) in [5.74, 6) is -1.04. The van der Waals surface area contributed by atoms with Crippen molar-refractivity contribution in [3.8, 4) is 0 Å². The predicted molar refractivity (Wildman–Crippen MR) is 133 cm³/mol. The van der Waals surface area contributed by atoms with Gasteiger partial charge in [-0.25, -0.2) is 0 Å². The minimum absolute atomic E-state index is 0. The molecule has 1 rings (SSSR count). The Morgan fingerprint density at radius 3 is 1.87 bits per heavy atom. The maximum Gasteiger partial charge on any atom is 1.00 e. The molecule has 1 aliphatic carbocycles. The van der Waals surface area contributed by atoms with Crippen molar-refractivity contribution in [2.75, 3.05) is 13.2 Å². The van der Waals surface area contributed by atoms with Gasteiger partial charge in [0.15, 0.2) is 6.10 Å². The Hall–Kier alpha value is -0.0700. The van der Waals surface area contributed by atoms with Crippen LogP contribution in [-0.2, 0) is 32.7 Å². The molecule has 1 unspecified atom stereocenters. The molecule has 0 heterocycles. The van der Waals surface area contributed by atoms with E-state index in [9.17, 15) is 34.4 Å². The molecule has 1 fully saturated rings. The Labute approximate surface area is 248 Å². The van der Waals surface area contributed by atoms with Gasteiger partial charge in [0, 0.05) is 25.7 Å². The van der Waals surface area contributed by atoms with Crippen molar-refractivity contribution >= 4 is 19.8 Å². The van der Waals surface area contributed by atoms with Crippen LogP contribution in [0.1, 0.15) is 104 Å². The van der Waals surface area contributed by atoms with E-state index in [2.05, 4.69) is 13.8 Å². The third-order valence-corrected chi connectivity index (χ3v) is 7.12. The maximum absolute atomic E-state index is 12.4. The van der Waals surface area contributed by atoms with E-state index in [4.69, 9.17) is 18.5 Å². The van der Waals surface area contributed by atoms with Gasteiger partial charge in [-0.2, -0.15) is 0 Å². The van der Waals surface area contributed by atoms with Crippen molar-refractivity contribution in [3.05, 3.63) is 0 Å². The van der Waals surface area contributed by atoms with Crippen LogP contribution >= 0.6 is 7.82 Å². The van der Waals surface area contributed by atoms with Gasteiger partial charge in [0.25, 0.3) is 7.82 Å². The predicted octanol–water partition coefficient (Wildman–Crippen LogP) is -0.0869. The van der Waals surface area contributed by atoms with E-state index < -0.39 is 56.9 Å². The average molecular weight is 577 g/mol. The molecule has 13 heteroatoms. The first kappa shape index (κ1) is 37.9. The average Bonchev–Trinajstić information content (AvgIpc) is 2.83. The van der Waals surface area contributed by atoms with Gasteiger partial charge in [0.05, 0.1) is 24.9 Å². The Bertz CT molecular complexity index is 684. The topological polar surface area (TPSA) is 172 Å². The van der Waals surface area contributed by atoms with Crippen molar-refractivity contribution in [2.45, 2.75) is 134 Å². The number of carbonyl (C=O) groups excluding carboxylic acids is 2. The summed E-state index contributed by atoms with van der Waals surface area (Å²) in [4.78, 5) is 36.7. The van der Waals surface area contributed by atoms with Crippen molar-refractivity contribution in [2.24, 2.45) is 0 Å². The number of aliphatic hydroxyl groups is 3. The Kier molecular flexibility index (Phi) is 21.6. The number of hydrogen-bond acceptors (Lipinski definition) is 11. The molecule has 0 amide bonds. The van der Waals surface area contributed by atoms with E-state index in [1.54, 1.807) is 0 Å². The molecule has 3 N–H and O–H groups in total. The molecule has 0 aliphatic heterocycles. The van der Waals surface area contributed by atoms with Gasteiger partial charge in [-0.15, -0.1) is 0 Å². The molecule has 1 aliphatic rings. The number of phosphoric ester groups is 1. The Morgan fingerprint density at radius 1 is 0.842 bits per heavy atom. The molecular weight excluding hydrogens is 530 g/mol. The van der Waals surface area contributed by atoms with E-state index in [1.165, 1.54) is 0 Å². The molecular formula is C25H46NaO11P. The van der Waals surface area contributed by atoms with E-state index >= 15 is 0 Å². The summed E-state index contributed by atoms with van der Waals surface area (Å²) in [7, 11) is -5.05. The smallest absolute Gasteiger partial charge is 0.756 e. The number of unbranched alkanes of at least 4 members (excludes halogenated alkanes) is 8. The monoisotopic (exact) mass is 576 g/mol. The molecule has 1 saturated carbocycles. The second kappa shape index (κ2) is 21.6. The third-order valence-electron chi connectivity index (χ3n) is 6.15. The zero-order valence-corrected chi connectivity index (χ0v) is 26.1. The fraction of sp³-hybridized carbons (Fsp3) is 0.920. The first-order chi connectivity index (χ1) is 17.6. The van der Waals surface area contributed by atoms with Crippen LogP contribution in [0.4, 0.5) is 0 Å². The zero-order chi connectivity index (χ0) is 27.7. The van der Waals surface area contributed by atoms with Crippen LogP contribution in [0.25, 0.3) is 0 Å². The molecule has 4 atom stereocenters. The van der Waals surface area contributed by atoms with Crippen LogP contribution in [-0.4, -0.2) is 71.0 Å². The standard InChI is InChI=1S/C25H47O11P.Na/c1-3-5-7-9-11-13-23(29)33-17-20(35-24(30)14-12-10-8-6-4-2)18-34-37(31,32)36-25-21(27)15-19(26)16-22(25)28;/h19-22,25-28H,3-18H2,1-2H3,(H,31,32);/q;+1/p-1/t19?,20-,21-,22-,25?;/m1./s1. The van der Waals surface area contributed by atoms with E-state index in [1.807, 2.05) is 0 Å². The first-order valence-corrected chi connectivity index (χ1v) is 15.1. The molecule has 38 heavy (non-hydrogen) atoms. The number of aliphatic hydroxyl groups excluding tert-OH is 3. The summed E-state index contributed by atoms with van der Waals surface area (Å²) in [6.45, 7) is 3.14. The number of rotatable bonds is 20. The van der Waals surface area contributed by atoms with Crippen LogP contribution in [0.3, 0.4) is 0 Å². The van der Waals surface area contributed by atoms with E-state index in [0.717, 1.165) is 51.4 Å². The van der Waals surface area contributed by atoms with Gasteiger partial charge >= 0.3 is 41.5 Å². The fourth-order valence-electron chi connectivity index (χ4n) is 4.04. The van der Waals surface area contributed by atoms with Gasteiger partial charge in [-0.3, -0.25) is 14.2 Å². The molecule has 0 radical (unpaired) electrons. The minimum Gasteiger partial charge on any atom is -0.756 e. The van der Waals surface area contributed by atoms with Crippen LogP contribution in [0, 0.1) is 0 Å². The van der Waals surface area contributed by atoms with Gasteiger partial charge in [0.2, 0.25) is 0 Å². The van der Waals surface area contributed by atoms with Crippen molar-refractivity contribution < 1.29 is 82.4 Å². The summed E-state index contributed by atoms with van der Waals surface area (Å²) >= 11 is 0. The zero-order valence-electron chi connectivity index (χ0n) is 23.3. The molecule has 0 bridgehead atoms. The molecule has 0 spiro atoms. The second-order valence-electron chi connectivity index (χ2n) is 9.70. The van der Waals surface area contributed by atoms with Gasteiger partial charge in [-0.05, 0) is 12.8 Å². The minimum atomic E-state index is -5.05. The van der Waals surface area contributed by atoms with Crippen molar-refractivity contribution in [1.29, 1.82) is 0 Å². The first-order valence-electron chi connectivity index (χ1n) is 13.6. The summed E-state index contributed by atoms with van der Waals surface area (Å²) in [5, 5.41) is 29.5. The van der Waals surface area contributed by atoms with Crippen molar-refractivity contribution in [3.63, 3.8) is 0 Å². The summed E-state index contributed by atoms with van der Waals surface area (Å²) in [6.07, 6.45) is 2.94. The number of esters is 2. The maximum atomic E-state index is 12.4. The number of hydrogen-bond donors (Lipinski definition) is 3. The fourth-order valence-corrected chi connectivity index (χ4v) is 5.03. The van der Waals surface area contributed by atoms with Gasteiger partial charge in [0.1, 0.15) is 12.7 Å². The number of carbonyl (C=O) groups is 2. The summed E-state index contributed by atoms with van der Waals surface area (Å²) in [5.41, 5.74) is 0. The second-order valence-corrected chi connectivity index (χ2v) is 11.1. The van der Waals surface area contributed by atoms with Crippen molar-refractivity contribution in [1.82, 2.24) is 0 Å². The van der Waals surface area contributed by atoms with Gasteiger partial charge in [-0.1, -0.05) is 65.2 Å². The molecule has 0 aromatic rings. The molecule has 218 valence electrons. The number of ether oxygens (including phenoxy) is 2. The third kappa shape index (κ3) is 17.6. The largest absolute Gasteiger partial charge is 1.00 e. The molecule has 0 saturated heterocycles. The van der Waals surface area contributed by atoms with E-state index in [0.29, 0.717) is 12.8 Å². The molecule has 11 nitrogen and oxygen atoms in total. The summed E-state index contributed by atoms with van der Waals surface area (Å²) in [6, 6.07) is 0. The normalized spacial score (nSPS) is 23.6. The van der Waals surface area contributed by atoms with Crippen LogP contribution < -0.4 is 34.5 Å². The van der Waals surface area contributed by atoms with Crippen LogP contribution in [0.5, 0.6) is 0 Å². The van der Waals surface area contributed by atoms with Crippen LogP contribution in [0.2, 0.25) is 0 Å². The SMILES string of the molecule is CCCCCCCC(=O)OC[C@H](COP(=O)([O-])OC1[C@H](O)CC(O)C[C@H]1O)OC(=O)CCCCCCC.[Na+]. The van der Waals surface area contributed by atoms with Crippen LogP contribution in [0.15, 0.2) is 0 Å². The number of phosphoric acid groups is 1. The van der Waals surface area contributed by atoms with E-state index in [-0.39, 0.29) is 61.8 Å². The molecule has 0 aromatic carbocycles. The summed E-state index contributed by atoms with van der Waals surface area (Å²) < 4.78 is 32.6. The quantitative estimate of drug-likeness (QED) is 0.0766. The Balaban J connectivity index is 0.0000137. The van der Waals surface area contributed by atoms with Gasteiger partial charge < -0.3 is 38.7 Å². The molecule has 0 aromatic heterocycles. The Morgan fingerprint density at radius 2 is 1.34 bits per heavy atom.